The maximum absolute atomic E-state index is 14.1. The van der Waals surface area contributed by atoms with E-state index in [0.717, 1.165) is 112 Å². The van der Waals surface area contributed by atoms with Gasteiger partial charge in [-0.25, -0.2) is 9.59 Å². The summed E-state index contributed by atoms with van der Waals surface area (Å²) in [6, 6.07) is 34.3. The van der Waals surface area contributed by atoms with Crippen LogP contribution in [0.1, 0.15) is 164 Å². The standard InChI is InChI=1S/C34H44N2O3.C33H42N2O3/c1-35(2)29-15-13-28(14-16-29)34-21-18-33(19-22-34,20-23-34)25-36(32(38)27-9-5-4-6-10-27)30-11-7-8-26(24-30)12-17-31(37)39-3;1-34(2)28-14-12-27(13-15-28)33-20-17-32(18-21-33,19-22-33)24-35(31(38)26-8-4-3-5-9-26)29-10-6-7-25(23-29)11-16-30(36)37/h7-8,11-17,24,27H,4-6,9-10,18-23,25H2,1-3H3;6-7,10-16,23,26H,3-5,8-9,17-22,24H2,1-2H3,(H,36,37)/b17-12+;16-11+. The Hall–Kier alpha value is -6.16. The van der Waals surface area contributed by atoms with Crippen LogP contribution in [0.25, 0.3) is 12.2 Å². The molecule has 0 aromatic heterocycles. The molecule has 4 aromatic carbocycles. The molecule has 10 heteroatoms. The summed E-state index contributed by atoms with van der Waals surface area (Å²) in [6.07, 6.45) is 31.0. The first-order chi connectivity index (χ1) is 37.1. The van der Waals surface area contributed by atoms with Crippen molar-refractivity contribution in [3.63, 3.8) is 0 Å². The lowest BCUT2D eigenvalue weighted by molar-refractivity contribution is -0.135. The van der Waals surface area contributed by atoms with Crippen LogP contribution in [0.5, 0.6) is 0 Å². The molecule has 4 aromatic rings. The fraction of sp³-hybridized carbons (Fsp3) is 0.522. The molecule has 0 saturated heterocycles. The minimum atomic E-state index is -0.964. The number of carboxylic acid groups (broad SMARTS) is 1. The summed E-state index contributed by atoms with van der Waals surface area (Å²) < 4.78 is 4.76. The molecule has 0 spiro atoms. The van der Waals surface area contributed by atoms with Crippen LogP contribution >= 0.6 is 0 Å². The van der Waals surface area contributed by atoms with E-state index in [1.807, 2.05) is 36.4 Å². The van der Waals surface area contributed by atoms with Crippen molar-refractivity contribution in [2.75, 3.05) is 68.0 Å². The summed E-state index contributed by atoms with van der Waals surface area (Å²) in [5.41, 5.74) is 9.91. The van der Waals surface area contributed by atoms with Gasteiger partial charge >= 0.3 is 11.9 Å². The molecule has 2 amide bonds. The Morgan fingerprint density at radius 2 is 0.857 bits per heavy atom. The van der Waals surface area contributed by atoms with E-state index in [4.69, 9.17) is 9.84 Å². The normalized spacial score (nSPS) is 25.2. The Labute approximate surface area is 459 Å². The topological polar surface area (TPSA) is 111 Å². The fourth-order valence-electron chi connectivity index (χ4n) is 14.5. The molecule has 4 bridgehead atoms. The number of fused-ring (bicyclic) bond motifs is 6. The van der Waals surface area contributed by atoms with Crippen LogP contribution in [-0.4, -0.2) is 77.2 Å². The Morgan fingerprint density at radius 3 is 1.19 bits per heavy atom. The molecule has 10 nitrogen and oxygen atoms in total. The Kier molecular flexibility index (Phi) is 17.5. The van der Waals surface area contributed by atoms with Gasteiger partial charge in [0.05, 0.1) is 7.11 Å². The lowest BCUT2D eigenvalue weighted by Gasteiger charge is -2.55. The molecule has 0 unspecified atom stereocenters. The van der Waals surface area contributed by atoms with Crippen LogP contribution in [0.15, 0.2) is 109 Å². The lowest BCUT2D eigenvalue weighted by atomic mass is 9.51. The highest BCUT2D eigenvalue weighted by molar-refractivity contribution is 5.97. The van der Waals surface area contributed by atoms with Crippen molar-refractivity contribution in [2.45, 2.75) is 152 Å². The van der Waals surface area contributed by atoms with Crippen molar-refractivity contribution in [3.05, 3.63) is 131 Å². The molecule has 410 valence electrons. The third-order valence-corrected chi connectivity index (χ3v) is 19.6. The second-order valence-electron chi connectivity index (χ2n) is 24.7. The zero-order valence-electron chi connectivity index (χ0n) is 46.9. The molecule has 8 fully saturated rings. The zero-order chi connectivity index (χ0) is 54.2. The second-order valence-corrected chi connectivity index (χ2v) is 24.7. The summed E-state index contributed by atoms with van der Waals surface area (Å²) >= 11 is 0. The molecule has 77 heavy (non-hydrogen) atoms. The monoisotopic (exact) mass is 1040 g/mol. The first-order valence-electron chi connectivity index (χ1n) is 29.2. The van der Waals surface area contributed by atoms with Gasteiger partial charge in [-0.2, -0.15) is 0 Å². The van der Waals surface area contributed by atoms with Crippen LogP contribution in [-0.2, 0) is 34.7 Å². The van der Waals surface area contributed by atoms with Gasteiger partial charge in [0, 0.05) is 88.0 Å². The van der Waals surface area contributed by atoms with Crippen molar-refractivity contribution in [1.82, 2.24) is 0 Å². The average molecular weight is 1040 g/mol. The second kappa shape index (κ2) is 24.2. The fourth-order valence-corrected chi connectivity index (χ4v) is 14.5. The first kappa shape index (κ1) is 55.6. The SMILES string of the molecule is CN(C)c1ccc(C23CCC(CN(C(=O)C4CCCCC4)c4cccc(/C=C/C(=O)O)c4)(CC2)CC3)cc1.COC(=O)/C=C/c1cccc(N(CC23CCC(c4ccc(N(C)C)cc4)(CC2)CC3)C(=O)C2CCCCC2)c1. The van der Waals surface area contributed by atoms with E-state index in [1.165, 1.54) is 106 Å². The van der Waals surface area contributed by atoms with Crippen molar-refractivity contribution in [3.8, 4) is 0 Å². The van der Waals surface area contributed by atoms with Crippen LogP contribution in [0, 0.1) is 22.7 Å². The number of amides is 2. The maximum Gasteiger partial charge on any atom is 0.330 e. The molecule has 8 saturated carbocycles. The van der Waals surface area contributed by atoms with Gasteiger partial charge in [-0.1, -0.05) is 87.1 Å². The molecule has 1 N–H and O–H groups in total. The molecule has 0 atom stereocenters. The van der Waals surface area contributed by atoms with Crippen molar-refractivity contribution in [1.29, 1.82) is 0 Å². The maximum atomic E-state index is 14.1. The van der Waals surface area contributed by atoms with Gasteiger partial charge in [0.15, 0.2) is 0 Å². The zero-order valence-corrected chi connectivity index (χ0v) is 46.9. The van der Waals surface area contributed by atoms with Crippen LogP contribution in [0.4, 0.5) is 22.7 Å². The molecule has 8 aliphatic carbocycles. The van der Waals surface area contributed by atoms with Gasteiger partial charge in [-0.3, -0.25) is 9.59 Å². The number of nitrogens with zero attached hydrogens (tertiary/aromatic N) is 4. The summed E-state index contributed by atoms with van der Waals surface area (Å²) in [4.78, 5) is 59.3. The highest BCUT2D eigenvalue weighted by Crippen LogP contribution is 2.60. The minimum absolute atomic E-state index is 0.0971. The van der Waals surface area contributed by atoms with E-state index in [-0.39, 0.29) is 45.4 Å². The Bertz CT molecular complexity index is 2700. The predicted octanol–water partition coefficient (Wildman–Crippen LogP) is 14.2. The van der Waals surface area contributed by atoms with Gasteiger partial charge < -0.3 is 29.4 Å². The smallest absolute Gasteiger partial charge is 0.330 e. The van der Waals surface area contributed by atoms with Gasteiger partial charge in [0.1, 0.15) is 0 Å². The van der Waals surface area contributed by atoms with Crippen molar-refractivity contribution >= 4 is 58.7 Å². The van der Waals surface area contributed by atoms with Gasteiger partial charge in [-0.05, 0) is 207 Å². The van der Waals surface area contributed by atoms with Gasteiger partial charge in [0.25, 0.3) is 0 Å². The third kappa shape index (κ3) is 12.9. The van der Waals surface area contributed by atoms with Crippen molar-refractivity contribution < 1.29 is 29.0 Å². The summed E-state index contributed by atoms with van der Waals surface area (Å²) in [5.74, 6) is -0.571. The van der Waals surface area contributed by atoms with Crippen molar-refractivity contribution in [2.24, 2.45) is 22.7 Å². The molecule has 0 aliphatic heterocycles. The predicted molar refractivity (Wildman–Crippen MR) is 314 cm³/mol. The van der Waals surface area contributed by atoms with E-state index in [2.05, 4.69) is 108 Å². The van der Waals surface area contributed by atoms with Crippen LogP contribution < -0.4 is 19.6 Å². The summed E-state index contributed by atoms with van der Waals surface area (Å²) in [6.45, 7) is 1.56. The van der Waals surface area contributed by atoms with E-state index >= 15 is 0 Å². The summed E-state index contributed by atoms with van der Waals surface area (Å²) in [7, 11) is 9.74. The number of methoxy groups -OCH3 is 1. The first-order valence-corrected chi connectivity index (χ1v) is 29.2. The highest BCUT2D eigenvalue weighted by atomic mass is 16.5. The highest BCUT2D eigenvalue weighted by Gasteiger charge is 2.52. The van der Waals surface area contributed by atoms with Crippen LogP contribution in [0.3, 0.4) is 0 Å². The van der Waals surface area contributed by atoms with E-state index in [1.54, 1.807) is 12.2 Å². The third-order valence-electron chi connectivity index (χ3n) is 19.6. The summed E-state index contributed by atoms with van der Waals surface area (Å²) in [5, 5.41) is 9.09. The molecule has 0 radical (unpaired) electrons. The number of carboxylic acids is 1. The Morgan fingerprint density at radius 1 is 0.494 bits per heavy atom. The number of carbonyl (C=O) groups excluding carboxylic acids is 3. The van der Waals surface area contributed by atoms with E-state index < -0.39 is 5.97 Å². The number of benzene rings is 4. The molecule has 0 heterocycles. The minimum Gasteiger partial charge on any atom is -0.478 e. The number of esters is 1. The number of aliphatic carboxylic acids is 1. The van der Waals surface area contributed by atoms with Crippen LogP contribution in [0.2, 0.25) is 0 Å². The number of hydrogen-bond donors (Lipinski definition) is 1. The molecular formula is C67H86N4O6. The average Bonchev–Trinajstić information content (AvgIpc) is 3.48. The van der Waals surface area contributed by atoms with E-state index in [9.17, 15) is 19.2 Å². The van der Waals surface area contributed by atoms with Gasteiger partial charge in [0.2, 0.25) is 11.8 Å². The number of carbonyl (C=O) groups is 4. The lowest BCUT2D eigenvalue weighted by Crippen LogP contribution is -2.51. The number of rotatable bonds is 16. The van der Waals surface area contributed by atoms with Gasteiger partial charge in [-0.15, -0.1) is 0 Å². The Balaban J connectivity index is 0.000000188. The number of anilines is 4. The quantitative estimate of drug-likeness (QED) is 0.0873. The molecular weight excluding hydrogens is 957 g/mol. The molecule has 12 rings (SSSR count). The number of ether oxygens (including phenoxy) is 1. The largest absolute Gasteiger partial charge is 0.478 e. The number of hydrogen-bond acceptors (Lipinski definition) is 7. The van der Waals surface area contributed by atoms with E-state index in [0.29, 0.717) is 5.91 Å². The molecule has 8 aliphatic rings.